The fourth-order valence-electron chi connectivity index (χ4n) is 3.33. The Morgan fingerprint density at radius 1 is 1.07 bits per heavy atom. The number of piperidine rings is 1. The molecule has 0 radical (unpaired) electrons. The van der Waals surface area contributed by atoms with E-state index in [1.54, 1.807) is 31.1 Å². The molecule has 2 aromatic carbocycles. The normalized spacial score (nSPS) is 13.3. The zero-order valence-corrected chi connectivity index (χ0v) is 25.1. The first kappa shape index (κ1) is 37.5. The first-order chi connectivity index (χ1) is 19.1. The Labute approximate surface area is 242 Å². The maximum absolute atomic E-state index is 12.2. The lowest BCUT2D eigenvalue weighted by molar-refractivity contribution is -0.274. The maximum atomic E-state index is 12.2. The number of carbonyl (C=O) groups is 1. The van der Waals surface area contributed by atoms with E-state index in [0.717, 1.165) is 31.5 Å². The number of rotatable bonds is 8. The highest BCUT2D eigenvalue weighted by Crippen LogP contribution is 2.24. The zero-order valence-electron chi connectivity index (χ0n) is 24.2. The molecule has 0 bridgehead atoms. The van der Waals surface area contributed by atoms with E-state index < -0.39 is 6.36 Å². The van der Waals surface area contributed by atoms with E-state index in [0.29, 0.717) is 18.7 Å². The van der Waals surface area contributed by atoms with Gasteiger partial charge in [-0.05, 0) is 61.9 Å². The minimum atomic E-state index is -4.74. The number of methoxy groups -OCH3 is 1. The molecule has 1 heterocycles. The molecule has 3 rings (SSSR count). The van der Waals surface area contributed by atoms with Crippen LogP contribution in [0.15, 0.2) is 60.7 Å². The predicted octanol–water partition coefficient (Wildman–Crippen LogP) is 7.07. The van der Waals surface area contributed by atoms with Gasteiger partial charge in [0.2, 0.25) is 0 Å². The molecule has 1 amide bonds. The number of amides is 1. The van der Waals surface area contributed by atoms with Crippen molar-refractivity contribution in [1.29, 1.82) is 0 Å². The fourth-order valence-corrected chi connectivity index (χ4v) is 3.89. The van der Waals surface area contributed by atoms with Gasteiger partial charge < -0.3 is 19.5 Å². The standard InChI is InChI=1S/C14H16F3NO3.C9H10.C5H13NS.C2H6O/c15-14(16,17)21-12-3-1-11(2-4-12)13(20)18-7-5-10(9-19)6-8-18;1-2-6-9-7-4-3-5-8-9;1-3-5-6-7-4-2;1-3-2/h1-4,10,19H,5-9H2;2-8H,1H3;6H,3-5H2,1-2H3;1-2H3/b;6-2-;;. The highest BCUT2D eigenvalue weighted by Gasteiger charge is 2.31. The average Bonchev–Trinajstić information content (AvgIpc) is 2.95. The van der Waals surface area contributed by atoms with Crippen molar-refractivity contribution in [3.05, 3.63) is 71.8 Å². The van der Waals surface area contributed by atoms with Crippen molar-refractivity contribution in [2.24, 2.45) is 5.92 Å². The van der Waals surface area contributed by atoms with Gasteiger partial charge in [-0.2, -0.15) is 0 Å². The van der Waals surface area contributed by atoms with Crippen LogP contribution in [-0.4, -0.2) is 68.5 Å². The first-order valence-electron chi connectivity index (χ1n) is 13.3. The topological polar surface area (TPSA) is 71.0 Å². The first-order valence-corrected chi connectivity index (χ1v) is 14.3. The monoisotopic (exact) mass is 586 g/mol. The second-order valence-electron chi connectivity index (χ2n) is 8.64. The second kappa shape index (κ2) is 23.2. The number of likely N-dealkylation sites (tertiary alicyclic amines) is 1. The van der Waals surface area contributed by atoms with Crippen molar-refractivity contribution >= 4 is 23.9 Å². The molecule has 1 aliphatic rings. The summed E-state index contributed by atoms with van der Waals surface area (Å²) in [6.45, 7) is 8.68. The van der Waals surface area contributed by atoms with Crippen LogP contribution in [0.3, 0.4) is 0 Å². The van der Waals surface area contributed by atoms with Crippen molar-refractivity contribution in [2.75, 3.05) is 46.2 Å². The van der Waals surface area contributed by atoms with Gasteiger partial charge in [-0.25, -0.2) is 0 Å². The Kier molecular flexibility index (Phi) is 21.7. The number of benzene rings is 2. The summed E-state index contributed by atoms with van der Waals surface area (Å²) in [5, 5.41) is 9.05. The van der Waals surface area contributed by atoms with Crippen LogP contribution in [0.25, 0.3) is 6.08 Å². The maximum Gasteiger partial charge on any atom is 0.573 e. The Morgan fingerprint density at radius 2 is 1.65 bits per heavy atom. The van der Waals surface area contributed by atoms with Crippen molar-refractivity contribution in [1.82, 2.24) is 9.62 Å². The van der Waals surface area contributed by atoms with Crippen LogP contribution in [-0.2, 0) is 4.74 Å². The molecule has 1 saturated heterocycles. The molecule has 0 spiro atoms. The van der Waals surface area contributed by atoms with Gasteiger partial charge >= 0.3 is 6.36 Å². The van der Waals surface area contributed by atoms with E-state index in [4.69, 9.17) is 5.11 Å². The van der Waals surface area contributed by atoms with E-state index in [-0.39, 0.29) is 24.2 Å². The fraction of sp³-hybridized carbons (Fsp3) is 0.500. The van der Waals surface area contributed by atoms with E-state index in [9.17, 15) is 18.0 Å². The third-order valence-electron chi connectivity index (χ3n) is 5.25. The lowest BCUT2D eigenvalue weighted by Crippen LogP contribution is -2.39. The third-order valence-corrected chi connectivity index (χ3v) is 5.95. The Hall–Kier alpha value is -2.53. The molecule has 0 aliphatic carbocycles. The van der Waals surface area contributed by atoms with Gasteiger partial charge in [0, 0.05) is 51.8 Å². The molecule has 1 fully saturated rings. The molecule has 0 atom stereocenters. The summed E-state index contributed by atoms with van der Waals surface area (Å²) in [6.07, 6.45) is 2.08. The SMILES string of the molecule is C/C=C\c1ccccc1.CCCNSCC.COC.O=C(c1ccc(OC(F)(F)F)cc1)N1CCC(CO)CC1. The molecular formula is C30H45F3N2O4S. The molecule has 226 valence electrons. The minimum Gasteiger partial charge on any atom is -0.406 e. The molecule has 2 N–H and O–H groups in total. The number of allylic oxidation sites excluding steroid dienone is 1. The number of alkyl halides is 3. The molecule has 2 aromatic rings. The van der Waals surface area contributed by atoms with Gasteiger partial charge in [-0.1, -0.05) is 68.3 Å². The Balaban J connectivity index is 0.000000657. The smallest absolute Gasteiger partial charge is 0.406 e. The lowest BCUT2D eigenvalue weighted by Gasteiger charge is -2.31. The second-order valence-corrected chi connectivity index (χ2v) is 9.79. The molecule has 0 saturated carbocycles. The number of nitrogens with zero attached hydrogens (tertiary/aromatic N) is 1. The van der Waals surface area contributed by atoms with E-state index in [1.165, 1.54) is 29.9 Å². The summed E-state index contributed by atoms with van der Waals surface area (Å²) in [7, 11) is 3.25. The summed E-state index contributed by atoms with van der Waals surface area (Å²) in [5.41, 5.74) is 1.59. The van der Waals surface area contributed by atoms with Gasteiger partial charge in [0.15, 0.2) is 0 Å². The highest BCUT2D eigenvalue weighted by molar-refractivity contribution is 7.97. The van der Waals surface area contributed by atoms with Crippen LogP contribution >= 0.6 is 11.9 Å². The van der Waals surface area contributed by atoms with Gasteiger partial charge in [0.25, 0.3) is 5.91 Å². The lowest BCUT2D eigenvalue weighted by atomic mass is 9.97. The van der Waals surface area contributed by atoms with Crippen molar-refractivity contribution < 1.29 is 32.5 Å². The molecule has 0 aromatic heterocycles. The summed E-state index contributed by atoms with van der Waals surface area (Å²) in [6, 6.07) is 15.2. The van der Waals surface area contributed by atoms with Crippen LogP contribution in [0.1, 0.15) is 56.0 Å². The van der Waals surface area contributed by atoms with Gasteiger partial charge in [0.05, 0.1) is 0 Å². The van der Waals surface area contributed by atoms with Crippen LogP contribution < -0.4 is 9.46 Å². The summed E-state index contributed by atoms with van der Waals surface area (Å²) < 4.78 is 47.3. The Morgan fingerprint density at radius 3 is 2.10 bits per heavy atom. The number of ether oxygens (including phenoxy) is 2. The molecule has 10 heteroatoms. The van der Waals surface area contributed by atoms with E-state index >= 15 is 0 Å². The van der Waals surface area contributed by atoms with Crippen LogP contribution in [0.5, 0.6) is 5.75 Å². The third kappa shape index (κ3) is 18.7. The summed E-state index contributed by atoms with van der Waals surface area (Å²) >= 11 is 1.78. The highest BCUT2D eigenvalue weighted by atomic mass is 32.2. The zero-order chi connectivity index (χ0) is 30.2. The molecule has 40 heavy (non-hydrogen) atoms. The quantitative estimate of drug-likeness (QED) is 0.255. The van der Waals surface area contributed by atoms with Crippen LogP contribution in [0.2, 0.25) is 0 Å². The molecule has 1 aliphatic heterocycles. The summed E-state index contributed by atoms with van der Waals surface area (Å²) in [5.74, 6) is 0.819. The average molecular weight is 587 g/mol. The number of carbonyl (C=O) groups excluding carboxylic acids is 1. The van der Waals surface area contributed by atoms with Gasteiger partial charge in [0.1, 0.15) is 5.75 Å². The van der Waals surface area contributed by atoms with Crippen LogP contribution in [0, 0.1) is 5.92 Å². The van der Waals surface area contributed by atoms with Crippen LogP contribution in [0.4, 0.5) is 13.2 Å². The molecule has 0 unspecified atom stereocenters. The molecular weight excluding hydrogens is 541 g/mol. The number of hydrogen-bond acceptors (Lipinski definition) is 6. The van der Waals surface area contributed by atoms with Crippen molar-refractivity contribution in [3.8, 4) is 5.75 Å². The van der Waals surface area contributed by atoms with Crippen molar-refractivity contribution in [3.63, 3.8) is 0 Å². The van der Waals surface area contributed by atoms with Gasteiger partial charge in [-0.3, -0.25) is 9.52 Å². The Bertz CT molecular complexity index is 901. The minimum absolute atomic E-state index is 0.117. The van der Waals surface area contributed by atoms with Gasteiger partial charge in [-0.15, -0.1) is 13.2 Å². The summed E-state index contributed by atoms with van der Waals surface area (Å²) in [4.78, 5) is 13.8. The predicted molar refractivity (Wildman–Crippen MR) is 159 cm³/mol. The van der Waals surface area contributed by atoms with E-state index in [1.807, 2.05) is 31.2 Å². The molecule has 6 nitrogen and oxygen atoms in total. The number of halogens is 3. The number of aliphatic hydroxyl groups is 1. The van der Waals surface area contributed by atoms with E-state index in [2.05, 4.69) is 46.3 Å². The van der Waals surface area contributed by atoms with Crippen molar-refractivity contribution in [2.45, 2.75) is 46.4 Å². The largest absolute Gasteiger partial charge is 0.573 e. The number of nitrogens with one attached hydrogen (secondary N) is 1. The number of hydrogen-bond donors (Lipinski definition) is 2. The number of aliphatic hydroxyl groups excluding tert-OH is 1.